The molecule has 3 aromatic rings. The molecule has 2 heterocycles. The molecule has 0 fully saturated rings. The lowest BCUT2D eigenvalue weighted by Gasteiger charge is -2.14. The Labute approximate surface area is 158 Å². The maximum absolute atomic E-state index is 12.6. The predicted octanol–water partition coefficient (Wildman–Crippen LogP) is 4.28. The van der Waals surface area contributed by atoms with Gasteiger partial charge in [-0.1, -0.05) is 31.5 Å². The van der Waals surface area contributed by atoms with Crippen LogP contribution in [0, 0.1) is 0 Å². The van der Waals surface area contributed by atoms with Crippen LogP contribution >= 0.6 is 11.3 Å². The summed E-state index contributed by atoms with van der Waals surface area (Å²) in [6.45, 7) is 4.26. The second kappa shape index (κ2) is 8.47. The van der Waals surface area contributed by atoms with E-state index in [4.69, 9.17) is 4.74 Å². The summed E-state index contributed by atoms with van der Waals surface area (Å²) in [6.07, 6.45) is 2.07. The number of rotatable bonds is 8. The maximum Gasteiger partial charge on any atom is 0.273 e. The SMILES string of the molecule is CCCCN(C)C(=O)c1csc(-c2cc3ccccc3n2CCOC)n1. The summed E-state index contributed by atoms with van der Waals surface area (Å²) >= 11 is 1.51. The molecule has 138 valence electrons. The Hall–Kier alpha value is -2.18. The van der Waals surface area contributed by atoms with Crippen LogP contribution in [0.5, 0.6) is 0 Å². The molecule has 6 heteroatoms. The number of thiazole rings is 1. The summed E-state index contributed by atoms with van der Waals surface area (Å²) in [7, 11) is 3.55. The summed E-state index contributed by atoms with van der Waals surface area (Å²) in [5, 5.41) is 3.89. The fourth-order valence-corrected chi connectivity index (χ4v) is 3.81. The Balaban J connectivity index is 1.92. The fraction of sp³-hybridized carbons (Fsp3) is 0.400. The Morgan fingerprint density at radius 3 is 2.92 bits per heavy atom. The lowest BCUT2D eigenvalue weighted by molar-refractivity contribution is 0.0788. The first kappa shape index (κ1) is 18.6. The molecule has 0 bridgehead atoms. The smallest absolute Gasteiger partial charge is 0.273 e. The molecule has 0 atom stereocenters. The quantitative estimate of drug-likeness (QED) is 0.594. The van der Waals surface area contributed by atoms with Crippen LogP contribution in [0.2, 0.25) is 0 Å². The minimum absolute atomic E-state index is 0.0134. The van der Waals surface area contributed by atoms with Crippen LogP contribution in [-0.2, 0) is 11.3 Å². The topological polar surface area (TPSA) is 47.4 Å². The van der Waals surface area contributed by atoms with E-state index in [9.17, 15) is 4.79 Å². The zero-order chi connectivity index (χ0) is 18.5. The number of methoxy groups -OCH3 is 1. The fourth-order valence-electron chi connectivity index (χ4n) is 2.99. The highest BCUT2D eigenvalue weighted by Gasteiger charge is 2.18. The van der Waals surface area contributed by atoms with Gasteiger partial charge in [-0.3, -0.25) is 4.79 Å². The number of amides is 1. The van der Waals surface area contributed by atoms with E-state index in [2.05, 4.69) is 34.7 Å². The molecule has 3 rings (SSSR count). The number of hydrogen-bond acceptors (Lipinski definition) is 4. The Kier molecular flexibility index (Phi) is 6.06. The van der Waals surface area contributed by atoms with E-state index in [-0.39, 0.29) is 5.91 Å². The molecular formula is C20H25N3O2S. The predicted molar refractivity (Wildman–Crippen MR) is 107 cm³/mol. The van der Waals surface area contributed by atoms with E-state index in [1.807, 2.05) is 24.6 Å². The molecule has 0 radical (unpaired) electrons. The maximum atomic E-state index is 12.6. The zero-order valence-corrected chi connectivity index (χ0v) is 16.4. The number of aromatic nitrogens is 2. The van der Waals surface area contributed by atoms with Gasteiger partial charge in [0.1, 0.15) is 10.7 Å². The summed E-state index contributed by atoms with van der Waals surface area (Å²) in [5.41, 5.74) is 2.71. The molecule has 2 aromatic heterocycles. The minimum Gasteiger partial charge on any atom is -0.383 e. The van der Waals surface area contributed by atoms with E-state index in [0.29, 0.717) is 12.3 Å². The van der Waals surface area contributed by atoms with Gasteiger partial charge in [-0.25, -0.2) is 4.98 Å². The Morgan fingerprint density at radius 1 is 1.35 bits per heavy atom. The molecule has 0 saturated heterocycles. The number of benzene rings is 1. The molecule has 0 aliphatic heterocycles. The number of carbonyl (C=O) groups excluding carboxylic acids is 1. The van der Waals surface area contributed by atoms with Crippen molar-refractivity contribution in [2.45, 2.75) is 26.3 Å². The largest absolute Gasteiger partial charge is 0.383 e. The minimum atomic E-state index is -0.0134. The first-order chi connectivity index (χ1) is 12.7. The van der Waals surface area contributed by atoms with Crippen LogP contribution < -0.4 is 0 Å². The Bertz CT molecular complexity index is 884. The van der Waals surface area contributed by atoms with E-state index >= 15 is 0 Å². The monoisotopic (exact) mass is 371 g/mol. The number of carbonyl (C=O) groups is 1. The third-order valence-corrected chi connectivity index (χ3v) is 5.33. The molecule has 0 N–H and O–H groups in total. The third kappa shape index (κ3) is 3.81. The van der Waals surface area contributed by atoms with Crippen molar-refractivity contribution < 1.29 is 9.53 Å². The molecule has 0 spiro atoms. The Morgan fingerprint density at radius 2 is 2.15 bits per heavy atom. The van der Waals surface area contributed by atoms with E-state index in [1.165, 1.54) is 16.7 Å². The second-order valence-corrected chi connectivity index (χ2v) is 7.21. The van der Waals surface area contributed by atoms with Gasteiger partial charge < -0.3 is 14.2 Å². The van der Waals surface area contributed by atoms with Gasteiger partial charge in [0.15, 0.2) is 0 Å². The van der Waals surface area contributed by atoms with Crippen LogP contribution in [0.3, 0.4) is 0 Å². The molecule has 5 nitrogen and oxygen atoms in total. The first-order valence-electron chi connectivity index (χ1n) is 8.94. The van der Waals surface area contributed by atoms with Gasteiger partial charge in [-0.2, -0.15) is 0 Å². The zero-order valence-electron chi connectivity index (χ0n) is 15.6. The second-order valence-electron chi connectivity index (χ2n) is 6.35. The average molecular weight is 372 g/mol. The highest BCUT2D eigenvalue weighted by Crippen LogP contribution is 2.30. The van der Waals surface area contributed by atoms with Crippen LogP contribution in [-0.4, -0.2) is 47.7 Å². The van der Waals surface area contributed by atoms with Crippen molar-refractivity contribution in [3.05, 3.63) is 41.4 Å². The molecule has 0 saturated carbocycles. The van der Waals surface area contributed by atoms with Crippen LogP contribution in [0.15, 0.2) is 35.7 Å². The van der Waals surface area contributed by atoms with E-state index < -0.39 is 0 Å². The number of hydrogen-bond donors (Lipinski definition) is 0. The number of ether oxygens (including phenoxy) is 1. The summed E-state index contributed by atoms with van der Waals surface area (Å²) < 4.78 is 7.48. The van der Waals surface area contributed by atoms with E-state index in [0.717, 1.165) is 42.1 Å². The van der Waals surface area contributed by atoms with Gasteiger partial charge in [-0.15, -0.1) is 11.3 Å². The van der Waals surface area contributed by atoms with Gasteiger partial charge in [0, 0.05) is 43.5 Å². The van der Waals surface area contributed by atoms with Gasteiger partial charge in [0.05, 0.1) is 12.3 Å². The van der Waals surface area contributed by atoms with Crippen molar-refractivity contribution in [2.24, 2.45) is 0 Å². The summed E-state index contributed by atoms with van der Waals surface area (Å²) in [4.78, 5) is 19.0. The highest BCUT2D eigenvalue weighted by atomic mass is 32.1. The molecule has 0 aliphatic carbocycles. The number of nitrogens with zero attached hydrogens (tertiary/aromatic N) is 3. The average Bonchev–Trinajstić information content (AvgIpc) is 3.28. The van der Waals surface area contributed by atoms with Crippen LogP contribution in [0.1, 0.15) is 30.3 Å². The molecule has 0 unspecified atom stereocenters. The van der Waals surface area contributed by atoms with Crippen molar-refractivity contribution in [3.63, 3.8) is 0 Å². The summed E-state index contributed by atoms with van der Waals surface area (Å²) in [6, 6.07) is 10.4. The van der Waals surface area contributed by atoms with Crippen molar-refractivity contribution in [1.29, 1.82) is 0 Å². The van der Waals surface area contributed by atoms with Crippen molar-refractivity contribution >= 4 is 28.1 Å². The summed E-state index contributed by atoms with van der Waals surface area (Å²) in [5.74, 6) is -0.0134. The van der Waals surface area contributed by atoms with Gasteiger partial charge >= 0.3 is 0 Å². The number of para-hydroxylation sites is 1. The van der Waals surface area contributed by atoms with Crippen molar-refractivity contribution in [3.8, 4) is 10.7 Å². The molecule has 1 aromatic carbocycles. The third-order valence-electron chi connectivity index (χ3n) is 4.47. The van der Waals surface area contributed by atoms with Crippen molar-refractivity contribution in [1.82, 2.24) is 14.5 Å². The lowest BCUT2D eigenvalue weighted by Crippen LogP contribution is -2.27. The first-order valence-corrected chi connectivity index (χ1v) is 9.82. The number of fused-ring (bicyclic) bond motifs is 1. The van der Waals surface area contributed by atoms with Crippen LogP contribution in [0.4, 0.5) is 0 Å². The number of unbranched alkanes of at least 4 members (excludes halogenated alkanes) is 1. The van der Waals surface area contributed by atoms with Gasteiger partial charge in [0.2, 0.25) is 0 Å². The normalized spacial score (nSPS) is 11.2. The highest BCUT2D eigenvalue weighted by molar-refractivity contribution is 7.13. The lowest BCUT2D eigenvalue weighted by atomic mass is 10.2. The van der Waals surface area contributed by atoms with Crippen LogP contribution in [0.25, 0.3) is 21.6 Å². The standard InChI is InChI=1S/C20H25N3O2S/c1-4-5-10-22(2)20(24)16-14-26-19(21-16)18-13-15-8-6-7-9-17(15)23(18)11-12-25-3/h6-9,13-14H,4-5,10-12H2,1-3H3. The molecule has 26 heavy (non-hydrogen) atoms. The van der Waals surface area contributed by atoms with Gasteiger partial charge in [-0.05, 0) is 18.6 Å². The van der Waals surface area contributed by atoms with Gasteiger partial charge in [0.25, 0.3) is 5.91 Å². The van der Waals surface area contributed by atoms with E-state index in [1.54, 1.807) is 12.0 Å². The molecular weight excluding hydrogens is 346 g/mol. The van der Waals surface area contributed by atoms with Crippen molar-refractivity contribution in [2.75, 3.05) is 27.3 Å². The molecule has 1 amide bonds. The molecule has 0 aliphatic rings.